The van der Waals surface area contributed by atoms with Gasteiger partial charge >= 0.3 is 5.97 Å². The SMILES string of the molecule is CC(=O)OC(C)C1CCCC1O. The number of aliphatic hydroxyl groups is 1. The number of aliphatic hydroxyl groups excluding tert-OH is 1. The van der Waals surface area contributed by atoms with Gasteiger partial charge in [0.1, 0.15) is 6.10 Å². The number of rotatable bonds is 2. The molecule has 1 N–H and O–H groups in total. The van der Waals surface area contributed by atoms with Crippen LogP contribution in [0.15, 0.2) is 0 Å². The van der Waals surface area contributed by atoms with Crippen molar-refractivity contribution in [2.24, 2.45) is 5.92 Å². The third kappa shape index (κ3) is 2.21. The molecule has 3 heteroatoms. The van der Waals surface area contributed by atoms with Crippen molar-refractivity contribution in [2.45, 2.75) is 45.3 Å². The van der Waals surface area contributed by atoms with Gasteiger partial charge in [0.25, 0.3) is 0 Å². The molecule has 3 nitrogen and oxygen atoms in total. The van der Waals surface area contributed by atoms with Crippen LogP contribution in [0.1, 0.15) is 33.1 Å². The van der Waals surface area contributed by atoms with E-state index < -0.39 is 0 Å². The lowest BCUT2D eigenvalue weighted by molar-refractivity contribution is -0.149. The van der Waals surface area contributed by atoms with E-state index >= 15 is 0 Å². The molecule has 1 rings (SSSR count). The Balaban J connectivity index is 2.40. The van der Waals surface area contributed by atoms with Gasteiger partial charge < -0.3 is 9.84 Å². The average Bonchev–Trinajstić information content (AvgIpc) is 2.33. The normalized spacial score (nSPS) is 31.6. The van der Waals surface area contributed by atoms with E-state index in [1.807, 2.05) is 6.92 Å². The molecule has 1 fully saturated rings. The molecule has 1 saturated carbocycles. The first-order valence-corrected chi connectivity index (χ1v) is 4.46. The summed E-state index contributed by atoms with van der Waals surface area (Å²) in [5.41, 5.74) is 0. The molecule has 0 amide bonds. The Morgan fingerprint density at radius 1 is 1.58 bits per heavy atom. The summed E-state index contributed by atoms with van der Waals surface area (Å²) in [7, 11) is 0. The number of carbonyl (C=O) groups excluding carboxylic acids is 1. The molecule has 0 saturated heterocycles. The maximum Gasteiger partial charge on any atom is 0.302 e. The van der Waals surface area contributed by atoms with Crippen molar-refractivity contribution in [3.05, 3.63) is 0 Å². The molecule has 12 heavy (non-hydrogen) atoms. The summed E-state index contributed by atoms with van der Waals surface area (Å²) in [6.45, 7) is 3.25. The van der Waals surface area contributed by atoms with Gasteiger partial charge in [0.2, 0.25) is 0 Å². The second-order valence-corrected chi connectivity index (χ2v) is 3.48. The number of ether oxygens (including phenoxy) is 1. The van der Waals surface area contributed by atoms with Crippen LogP contribution in [0.2, 0.25) is 0 Å². The van der Waals surface area contributed by atoms with Gasteiger partial charge in [0, 0.05) is 12.8 Å². The van der Waals surface area contributed by atoms with Crippen LogP contribution >= 0.6 is 0 Å². The van der Waals surface area contributed by atoms with Crippen LogP contribution in [0.4, 0.5) is 0 Å². The quantitative estimate of drug-likeness (QED) is 0.634. The van der Waals surface area contributed by atoms with Crippen molar-refractivity contribution < 1.29 is 14.6 Å². The third-order valence-electron chi connectivity index (χ3n) is 2.49. The molecule has 0 radical (unpaired) electrons. The van der Waals surface area contributed by atoms with E-state index in [1.54, 1.807) is 0 Å². The number of hydrogen-bond acceptors (Lipinski definition) is 3. The van der Waals surface area contributed by atoms with E-state index in [2.05, 4.69) is 0 Å². The summed E-state index contributed by atoms with van der Waals surface area (Å²) in [6, 6.07) is 0. The summed E-state index contributed by atoms with van der Waals surface area (Å²) in [6.07, 6.45) is 2.43. The third-order valence-corrected chi connectivity index (χ3v) is 2.49. The van der Waals surface area contributed by atoms with Gasteiger partial charge in [-0.25, -0.2) is 0 Å². The Morgan fingerprint density at radius 3 is 2.67 bits per heavy atom. The first-order valence-electron chi connectivity index (χ1n) is 4.46. The van der Waals surface area contributed by atoms with Crippen molar-refractivity contribution in [3.63, 3.8) is 0 Å². The summed E-state index contributed by atoms with van der Waals surface area (Å²) in [5, 5.41) is 9.48. The van der Waals surface area contributed by atoms with E-state index in [0.29, 0.717) is 0 Å². The van der Waals surface area contributed by atoms with Gasteiger partial charge in [0.15, 0.2) is 0 Å². The Labute approximate surface area is 72.7 Å². The van der Waals surface area contributed by atoms with Crippen LogP contribution in [0, 0.1) is 5.92 Å². The molecule has 0 aliphatic heterocycles. The molecule has 3 atom stereocenters. The summed E-state index contributed by atoms with van der Waals surface area (Å²) in [5.74, 6) is -0.115. The van der Waals surface area contributed by atoms with Crippen LogP contribution in [0.25, 0.3) is 0 Å². The molecule has 0 heterocycles. The second-order valence-electron chi connectivity index (χ2n) is 3.48. The Morgan fingerprint density at radius 2 is 2.25 bits per heavy atom. The summed E-state index contributed by atoms with van der Waals surface area (Å²) < 4.78 is 5.01. The highest BCUT2D eigenvalue weighted by Gasteiger charge is 2.31. The van der Waals surface area contributed by atoms with E-state index in [9.17, 15) is 9.90 Å². The van der Waals surface area contributed by atoms with Crippen LogP contribution < -0.4 is 0 Å². The largest absolute Gasteiger partial charge is 0.462 e. The minimum absolute atomic E-state index is 0.139. The molecule has 1 aliphatic rings. The summed E-state index contributed by atoms with van der Waals surface area (Å²) in [4.78, 5) is 10.6. The van der Waals surface area contributed by atoms with Crippen LogP contribution in [0.5, 0.6) is 0 Å². The first-order chi connectivity index (χ1) is 5.61. The Kier molecular flexibility index (Phi) is 3.09. The molecule has 0 aromatic rings. The summed E-state index contributed by atoms with van der Waals surface area (Å²) >= 11 is 0. The number of hydrogen-bond donors (Lipinski definition) is 1. The monoisotopic (exact) mass is 172 g/mol. The van der Waals surface area contributed by atoms with Crippen molar-refractivity contribution in [2.75, 3.05) is 0 Å². The molecule has 0 aromatic heterocycles. The van der Waals surface area contributed by atoms with Gasteiger partial charge in [-0.15, -0.1) is 0 Å². The smallest absolute Gasteiger partial charge is 0.302 e. The number of esters is 1. The van der Waals surface area contributed by atoms with Gasteiger partial charge in [0.05, 0.1) is 6.10 Å². The standard InChI is InChI=1S/C9H16O3/c1-6(12-7(2)10)8-4-3-5-9(8)11/h6,8-9,11H,3-5H2,1-2H3. The lowest BCUT2D eigenvalue weighted by atomic mass is 10.00. The van der Waals surface area contributed by atoms with E-state index in [0.717, 1.165) is 19.3 Å². The van der Waals surface area contributed by atoms with Gasteiger partial charge in [-0.3, -0.25) is 4.79 Å². The first kappa shape index (κ1) is 9.52. The van der Waals surface area contributed by atoms with Crippen LogP contribution in [-0.2, 0) is 9.53 Å². The molecule has 70 valence electrons. The fourth-order valence-electron chi connectivity index (χ4n) is 1.87. The zero-order chi connectivity index (χ0) is 9.14. The fraction of sp³-hybridized carbons (Fsp3) is 0.889. The number of carbonyl (C=O) groups is 1. The van der Waals surface area contributed by atoms with E-state index in [1.165, 1.54) is 6.92 Å². The molecule has 0 bridgehead atoms. The predicted octanol–water partition coefficient (Wildman–Crippen LogP) is 1.10. The lowest BCUT2D eigenvalue weighted by Gasteiger charge is -2.21. The highest BCUT2D eigenvalue weighted by molar-refractivity contribution is 5.66. The van der Waals surface area contributed by atoms with Gasteiger partial charge in [-0.1, -0.05) is 6.42 Å². The van der Waals surface area contributed by atoms with Gasteiger partial charge in [-0.2, -0.15) is 0 Å². The van der Waals surface area contributed by atoms with Crippen molar-refractivity contribution >= 4 is 5.97 Å². The van der Waals surface area contributed by atoms with Crippen molar-refractivity contribution in [1.82, 2.24) is 0 Å². The zero-order valence-electron chi connectivity index (χ0n) is 7.62. The molecule has 3 unspecified atom stereocenters. The minimum Gasteiger partial charge on any atom is -0.462 e. The minimum atomic E-state index is -0.278. The Bertz CT molecular complexity index is 167. The maximum absolute atomic E-state index is 10.6. The molecule has 0 aromatic carbocycles. The van der Waals surface area contributed by atoms with Gasteiger partial charge in [-0.05, 0) is 19.8 Å². The van der Waals surface area contributed by atoms with Crippen LogP contribution in [0.3, 0.4) is 0 Å². The second kappa shape index (κ2) is 3.90. The zero-order valence-corrected chi connectivity index (χ0v) is 7.62. The molecule has 0 spiro atoms. The van der Waals surface area contributed by atoms with Crippen molar-refractivity contribution in [1.29, 1.82) is 0 Å². The molecule has 1 aliphatic carbocycles. The predicted molar refractivity (Wildman–Crippen MR) is 44.6 cm³/mol. The fourth-order valence-corrected chi connectivity index (χ4v) is 1.87. The molecular formula is C9H16O3. The van der Waals surface area contributed by atoms with E-state index in [4.69, 9.17) is 4.74 Å². The Hall–Kier alpha value is -0.570. The topological polar surface area (TPSA) is 46.5 Å². The maximum atomic E-state index is 10.6. The van der Waals surface area contributed by atoms with Crippen molar-refractivity contribution in [3.8, 4) is 0 Å². The van der Waals surface area contributed by atoms with Crippen LogP contribution in [-0.4, -0.2) is 23.3 Å². The lowest BCUT2D eigenvalue weighted by Crippen LogP contribution is -2.28. The molecular weight excluding hydrogens is 156 g/mol. The average molecular weight is 172 g/mol. The highest BCUT2D eigenvalue weighted by atomic mass is 16.5. The van der Waals surface area contributed by atoms with E-state index in [-0.39, 0.29) is 24.1 Å². The highest BCUT2D eigenvalue weighted by Crippen LogP contribution is 2.29.